The van der Waals surface area contributed by atoms with Gasteiger partial charge in [0, 0.05) is 11.1 Å². The van der Waals surface area contributed by atoms with Crippen molar-refractivity contribution >= 4 is 87.4 Å². The third kappa shape index (κ3) is 5.01. The summed E-state index contributed by atoms with van der Waals surface area (Å²) in [6.45, 7) is 0. The van der Waals surface area contributed by atoms with Gasteiger partial charge in [0.25, 0.3) is 11.8 Å². The van der Waals surface area contributed by atoms with Crippen LogP contribution in [0.2, 0.25) is 0 Å². The fraction of sp³-hybridized carbons (Fsp3) is 0.211. The van der Waals surface area contributed by atoms with E-state index >= 15 is 0 Å². The number of nitrogens with zero attached hydrogens (tertiary/aromatic N) is 3. The van der Waals surface area contributed by atoms with Gasteiger partial charge >= 0.3 is 35.5 Å². The number of thioether (sulfide) groups is 1. The van der Waals surface area contributed by atoms with Crippen LogP contribution in [0.15, 0.2) is 50.7 Å². The molecule has 1 unspecified atom stereocenters. The van der Waals surface area contributed by atoms with Gasteiger partial charge in [-0.3, -0.25) is 14.5 Å². The Kier molecular flexibility index (Phi) is 8.02. The van der Waals surface area contributed by atoms with Gasteiger partial charge in [0.2, 0.25) is 0 Å². The number of nitrogen functional groups attached to an aromatic ring is 1. The number of rotatable bonds is 7. The molecule has 0 saturated carbocycles. The summed E-state index contributed by atoms with van der Waals surface area (Å²) in [6, 6.07) is 2.52. The topological polar surface area (TPSA) is 160 Å². The number of furan rings is 1. The van der Waals surface area contributed by atoms with Crippen LogP contribution in [0.5, 0.6) is 0 Å². The Morgan fingerprint density at radius 3 is 2.85 bits per heavy atom. The molecule has 4 heterocycles. The maximum atomic E-state index is 12.8. The Hall–Kier alpha value is -2.58. The second-order valence-corrected chi connectivity index (χ2v) is 8.58. The summed E-state index contributed by atoms with van der Waals surface area (Å²) in [5.74, 6) is -1.55. The molecule has 2 aliphatic rings. The van der Waals surface area contributed by atoms with Crippen molar-refractivity contribution in [2.45, 2.75) is 11.4 Å². The van der Waals surface area contributed by atoms with Crippen LogP contribution in [-0.2, 0) is 19.2 Å². The first-order chi connectivity index (χ1) is 15.4. The van der Waals surface area contributed by atoms with Gasteiger partial charge in [0.1, 0.15) is 35.7 Å². The average molecular weight is 500 g/mol. The molecule has 0 spiro atoms. The Morgan fingerprint density at radius 1 is 1.45 bits per heavy atom. The predicted molar refractivity (Wildman–Crippen MR) is 125 cm³/mol. The molecular formula is C19H18N5NaO6S2. The number of nitrogens with one attached hydrogen (secondary N) is 1. The molecule has 2 atom stereocenters. The van der Waals surface area contributed by atoms with E-state index < -0.39 is 29.2 Å². The van der Waals surface area contributed by atoms with Crippen LogP contribution in [0.1, 0.15) is 11.5 Å². The van der Waals surface area contributed by atoms with Gasteiger partial charge in [-0.15, -0.1) is 23.1 Å². The van der Waals surface area contributed by atoms with Crippen LogP contribution >= 0.6 is 23.1 Å². The summed E-state index contributed by atoms with van der Waals surface area (Å²) < 4.78 is 5.22. The number of amides is 2. The quantitative estimate of drug-likeness (QED) is 0.213. The number of carbonyl (C=O) groups is 3. The molecule has 0 radical (unpaired) electrons. The molecule has 14 heteroatoms. The first-order valence-corrected chi connectivity index (χ1v) is 11.1. The van der Waals surface area contributed by atoms with Crippen molar-refractivity contribution in [2.24, 2.45) is 5.16 Å². The van der Waals surface area contributed by atoms with Crippen LogP contribution in [0.4, 0.5) is 5.13 Å². The van der Waals surface area contributed by atoms with E-state index in [0.29, 0.717) is 17.1 Å². The van der Waals surface area contributed by atoms with E-state index in [2.05, 4.69) is 15.5 Å². The zero-order chi connectivity index (χ0) is 22.8. The van der Waals surface area contributed by atoms with E-state index in [1.54, 1.807) is 29.7 Å². The van der Waals surface area contributed by atoms with Crippen molar-refractivity contribution < 1.29 is 28.7 Å². The number of aliphatic carboxylic acids is 1. The number of fused-ring (bicyclic) bond motifs is 1. The van der Waals surface area contributed by atoms with E-state index in [9.17, 15) is 19.5 Å². The zero-order valence-corrected chi connectivity index (χ0v) is 18.2. The minimum atomic E-state index is -1.23. The summed E-state index contributed by atoms with van der Waals surface area (Å²) in [5, 5.41) is 17.2. The van der Waals surface area contributed by atoms with Gasteiger partial charge in [-0.25, -0.2) is 9.78 Å². The van der Waals surface area contributed by atoms with Gasteiger partial charge in [0.15, 0.2) is 10.8 Å². The van der Waals surface area contributed by atoms with E-state index in [1.807, 2.05) is 0 Å². The Balaban J connectivity index is 0.00000306. The standard InChI is InChI=1S/C19H17N5O6S2.Na.H/c1-29-23-12(11-8-32-19(20)21-11)15(25)22-13-16(26)24-14(18(27)28)9(7-31-17(13)24)4-5-10-3-2-6-30-10;;/h2-6,8,13,17H,7H2,1H3,(H2,20,21)(H,22,25)(H,27,28);;/b5-4+,23-12+;;/t13?,17-;;/m1../s1. The van der Waals surface area contributed by atoms with Crippen LogP contribution in [0, 0.1) is 0 Å². The summed E-state index contributed by atoms with van der Waals surface area (Å²) in [5.41, 5.74) is 6.04. The fourth-order valence-corrected chi connectivity index (χ4v) is 5.11. The molecule has 33 heavy (non-hydrogen) atoms. The minimum absolute atomic E-state index is 0. The molecule has 4 rings (SSSR count). The molecule has 1 fully saturated rings. The van der Waals surface area contributed by atoms with Crippen molar-refractivity contribution in [1.82, 2.24) is 15.2 Å². The van der Waals surface area contributed by atoms with Crippen LogP contribution < -0.4 is 11.1 Å². The van der Waals surface area contributed by atoms with E-state index in [0.717, 1.165) is 11.3 Å². The predicted octanol–water partition coefficient (Wildman–Crippen LogP) is 0.472. The fourth-order valence-electron chi connectivity index (χ4n) is 3.24. The molecule has 1 saturated heterocycles. The van der Waals surface area contributed by atoms with Crippen LogP contribution in [-0.4, -0.2) is 92.3 Å². The number of carbonyl (C=O) groups excluding carboxylic acids is 2. The van der Waals surface area contributed by atoms with E-state index in [1.165, 1.54) is 30.0 Å². The van der Waals surface area contributed by atoms with E-state index in [-0.39, 0.29) is 51.8 Å². The number of anilines is 1. The third-order valence-electron chi connectivity index (χ3n) is 4.64. The first kappa shape index (κ1) is 25.1. The molecule has 0 aliphatic carbocycles. The number of β-lactam (4-membered cyclic amide) rings is 1. The van der Waals surface area contributed by atoms with E-state index in [4.69, 9.17) is 15.0 Å². The number of nitrogens with two attached hydrogens (primary N) is 1. The number of hydrogen-bond donors (Lipinski definition) is 3. The number of hydrogen-bond acceptors (Lipinski definition) is 10. The molecule has 11 nitrogen and oxygen atoms in total. The number of aromatic nitrogens is 1. The van der Waals surface area contributed by atoms with Gasteiger partial charge in [0.05, 0.1) is 6.26 Å². The number of carboxylic acid groups (broad SMARTS) is 1. The maximum absolute atomic E-state index is 12.8. The Labute approximate surface area is 218 Å². The third-order valence-corrected chi connectivity index (χ3v) is 6.62. The molecule has 2 aromatic heterocycles. The number of oxime groups is 1. The summed E-state index contributed by atoms with van der Waals surface area (Å²) in [7, 11) is 1.28. The number of carboxylic acids is 1. The average Bonchev–Trinajstić information content (AvgIpc) is 3.45. The number of allylic oxidation sites excluding steroid dienone is 1. The van der Waals surface area contributed by atoms with Crippen molar-refractivity contribution in [3.8, 4) is 0 Å². The molecule has 0 aromatic carbocycles. The second-order valence-electron chi connectivity index (χ2n) is 6.58. The SMILES string of the molecule is CO/N=C(/C(=O)NC1C(=O)N2C(C(=O)O)=C(/C=C/c3ccco3)CS[C@H]12)c1csc(N)n1.[NaH]. The number of thiazole rings is 1. The van der Waals surface area contributed by atoms with Crippen LogP contribution in [0.3, 0.4) is 0 Å². The van der Waals surface area contributed by atoms with Crippen molar-refractivity contribution in [1.29, 1.82) is 0 Å². The Morgan fingerprint density at radius 2 is 2.24 bits per heavy atom. The first-order valence-electron chi connectivity index (χ1n) is 9.16. The molecule has 2 aromatic rings. The van der Waals surface area contributed by atoms with Gasteiger partial charge in [-0.1, -0.05) is 11.2 Å². The molecular weight excluding hydrogens is 481 g/mol. The van der Waals surface area contributed by atoms with Crippen molar-refractivity contribution in [3.05, 3.63) is 52.6 Å². The molecule has 2 amide bonds. The molecule has 2 aliphatic heterocycles. The van der Waals surface area contributed by atoms with Gasteiger partial charge in [-0.05, 0) is 23.8 Å². The molecule has 4 N–H and O–H groups in total. The summed E-state index contributed by atoms with van der Waals surface area (Å²) in [6.07, 6.45) is 4.75. The van der Waals surface area contributed by atoms with Crippen molar-refractivity contribution in [2.75, 3.05) is 18.6 Å². The summed E-state index contributed by atoms with van der Waals surface area (Å²) >= 11 is 2.47. The van der Waals surface area contributed by atoms with Gasteiger partial charge < -0.3 is 25.4 Å². The second kappa shape index (κ2) is 10.6. The van der Waals surface area contributed by atoms with Gasteiger partial charge in [-0.2, -0.15) is 0 Å². The zero-order valence-electron chi connectivity index (χ0n) is 16.5. The molecule has 0 bridgehead atoms. The monoisotopic (exact) mass is 499 g/mol. The molecule has 168 valence electrons. The Bertz CT molecular complexity index is 1160. The van der Waals surface area contributed by atoms with Crippen LogP contribution in [0.25, 0.3) is 6.08 Å². The summed E-state index contributed by atoms with van der Waals surface area (Å²) in [4.78, 5) is 47.4. The van der Waals surface area contributed by atoms with Crippen molar-refractivity contribution in [3.63, 3.8) is 0 Å². The normalized spacial score (nSPS) is 20.2.